The lowest BCUT2D eigenvalue weighted by Gasteiger charge is -2.02. The van der Waals surface area contributed by atoms with Gasteiger partial charge in [0.1, 0.15) is 6.61 Å². The maximum Gasteiger partial charge on any atom is 0.374 e. The Bertz CT molecular complexity index is 723. The van der Waals surface area contributed by atoms with Gasteiger partial charge in [0, 0.05) is 6.42 Å². The summed E-state index contributed by atoms with van der Waals surface area (Å²) in [4.78, 5) is 27.4. The van der Waals surface area contributed by atoms with Crippen molar-refractivity contribution in [3.05, 3.63) is 60.2 Å². The van der Waals surface area contributed by atoms with Gasteiger partial charge in [0.2, 0.25) is 5.78 Å². The van der Waals surface area contributed by atoms with Crippen LogP contribution in [-0.2, 0) is 19.2 Å². The van der Waals surface area contributed by atoms with Gasteiger partial charge in [-0.25, -0.2) is 4.79 Å². The zero-order chi connectivity index (χ0) is 18.6. The van der Waals surface area contributed by atoms with Crippen LogP contribution in [0.1, 0.15) is 31.2 Å². The van der Waals surface area contributed by atoms with Crippen LogP contribution < -0.4 is 0 Å². The van der Waals surface area contributed by atoms with E-state index >= 15 is 0 Å². The van der Waals surface area contributed by atoms with Crippen molar-refractivity contribution in [3.63, 3.8) is 0 Å². The third-order valence-corrected chi connectivity index (χ3v) is 3.85. The molecule has 0 amide bonds. The molecule has 5 nitrogen and oxygen atoms in total. The third kappa shape index (κ3) is 6.51. The number of esters is 1. The average Bonchev–Trinajstić information content (AvgIpc) is 2.70. The van der Waals surface area contributed by atoms with Crippen molar-refractivity contribution < 1.29 is 19.2 Å². The van der Waals surface area contributed by atoms with E-state index in [1.54, 1.807) is 6.21 Å². The first-order valence-corrected chi connectivity index (χ1v) is 8.62. The highest BCUT2D eigenvalue weighted by Gasteiger charge is 2.12. The van der Waals surface area contributed by atoms with Gasteiger partial charge in [-0.1, -0.05) is 59.8 Å². The number of ether oxygens (including phenoxy) is 1. The van der Waals surface area contributed by atoms with Gasteiger partial charge in [-0.2, -0.15) is 0 Å². The number of carbonyl (C=O) groups is 2. The molecule has 0 aliphatic carbocycles. The normalized spacial score (nSPS) is 10.7. The molecule has 0 fully saturated rings. The number of carbonyl (C=O) groups excluding carboxylic acids is 2. The fraction of sp³-hybridized carbons (Fsp3) is 0.286. The highest BCUT2D eigenvalue weighted by atomic mass is 16.6. The molecular weight excluding hydrogens is 330 g/mol. The summed E-state index contributed by atoms with van der Waals surface area (Å²) in [6.07, 6.45) is 4.10. The topological polar surface area (TPSA) is 65.0 Å². The second-order valence-electron chi connectivity index (χ2n) is 5.78. The lowest BCUT2D eigenvalue weighted by molar-refractivity contribution is -0.151. The Hall–Kier alpha value is -2.95. The lowest BCUT2D eigenvalue weighted by Crippen LogP contribution is -2.14. The van der Waals surface area contributed by atoms with E-state index in [0.29, 0.717) is 13.0 Å². The molecule has 0 heterocycles. The molecule has 0 N–H and O–H groups in total. The van der Waals surface area contributed by atoms with E-state index < -0.39 is 11.8 Å². The van der Waals surface area contributed by atoms with Gasteiger partial charge < -0.3 is 9.57 Å². The second-order valence-corrected chi connectivity index (χ2v) is 5.78. The van der Waals surface area contributed by atoms with Crippen molar-refractivity contribution in [1.82, 2.24) is 0 Å². The summed E-state index contributed by atoms with van der Waals surface area (Å²) in [7, 11) is 1.21. The van der Waals surface area contributed by atoms with Crippen LogP contribution in [0.5, 0.6) is 0 Å². The maximum absolute atomic E-state index is 11.3. The number of rotatable bonds is 10. The van der Waals surface area contributed by atoms with Gasteiger partial charge in [0.15, 0.2) is 0 Å². The summed E-state index contributed by atoms with van der Waals surface area (Å²) in [6, 6.07) is 18.3. The van der Waals surface area contributed by atoms with Crippen molar-refractivity contribution in [3.8, 4) is 11.1 Å². The molecule has 0 aliphatic heterocycles. The standard InChI is InChI=1S/C21H23NO4/c1-25-21(24)20(23)10-6-3-7-15-26-22-16-17-11-13-19(14-12-17)18-8-4-2-5-9-18/h2,4-5,8-9,11-14,16H,3,6-7,10,15H2,1H3/b22-16+. The van der Waals surface area contributed by atoms with Crippen molar-refractivity contribution in [2.75, 3.05) is 13.7 Å². The van der Waals surface area contributed by atoms with E-state index in [1.807, 2.05) is 30.3 Å². The monoisotopic (exact) mass is 353 g/mol. The van der Waals surface area contributed by atoms with E-state index in [0.717, 1.165) is 24.0 Å². The zero-order valence-electron chi connectivity index (χ0n) is 14.9. The van der Waals surface area contributed by atoms with Crippen LogP contribution in [0.2, 0.25) is 0 Å². The molecule has 0 bridgehead atoms. The van der Waals surface area contributed by atoms with Gasteiger partial charge >= 0.3 is 5.97 Å². The molecule has 136 valence electrons. The molecule has 0 saturated heterocycles. The number of methoxy groups -OCH3 is 1. The van der Waals surface area contributed by atoms with Crippen LogP contribution in [0.15, 0.2) is 59.8 Å². The highest BCUT2D eigenvalue weighted by Crippen LogP contribution is 2.18. The highest BCUT2D eigenvalue weighted by molar-refractivity contribution is 6.33. The molecule has 0 saturated carbocycles. The fourth-order valence-electron chi connectivity index (χ4n) is 2.39. The summed E-state index contributed by atoms with van der Waals surface area (Å²) < 4.78 is 4.36. The van der Waals surface area contributed by atoms with Crippen molar-refractivity contribution in [2.24, 2.45) is 5.16 Å². The second kappa shape index (κ2) is 10.8. The van der Waals surface area contributed by atoms with Gasteiger partial charge in [0.25, 0.3) is 0 Å². The number of unbranched alkanes of at least 4 members (excludes halogenated alkanes) is 2. The minimum absolute atomic E-state index is 0.212. The predicted octanol–water partition coefficient (Wildman–Crippen LogP) is 4.01. The van der Waals surface area contributed by atoms with Crippen LogP contribution in [0.4, 0.5) is 0 Å². The molecule has 5 heteroatoms. The first-order valence-electron chi connectivity index (χ1n) is 8.62. The average molecular weight is 353 g/mol. The molecule has 2 aromatic rings. The minimum Gasteiger partial charge on any atom is -0.463 e. The van der Waals surface area contributed by atoms with Gasteiger partial charge in [-0.3, -0.25) is 4.79 Å². The Kier molecular flexibility index (Phi) is 8.06. The van der Waals surface area contributed by atoms with Crippen molar-refractivity contribution in [1.29, 1.82) is 0 Å². The minimum atomic E-state index is -0.774. The molecule has 0 radical (unpaired) electrons. The quantitative estimate of drug-likeness (QED) is 0.213. The van der Waals surface area contributed by atoms with Crippen LogP contribution in [-0.4, -0.2) is 31.7 Å². The Labute approximate surface area is 153 Å². The van der Waals surface area contributed by atoms with Crippen molar-refractivity contribution in [2.45, 2.75) is 25.7 Å². The number of oxime groups is 1. The zero-order valence-corrected chi connectivity index (χ0v) is 14.9. The number of nitrogens with zero attached hydrogens (tertiary/aromatic N) is 1. The fourth-order valence-corrected chi connectivity index (χ4v) is 2.39. The number of benzene rings is 2. The molecule has 26 heavy (non-hydrogen) atoms. The van der Waals surface area contributed by atoms with Gasteiger partial charge in [-0.15, -0.1) is 0 Å². The summed E-state index contributed by atoms with van der Waals surface area (Å²) >= 11 is 0. The Balaban J connectivity index is 1.63. The van der Waals surface area contributed by atoms with Gasteiger partial charge in [0.05, 0.1) is 13.3 Å². The Morgan fingerprint density at radius 2 is 1.62 bits per heavy atom. The first-order chi connectivity index (χ1) is 12.7. The van der Waals surface area contributed by atoms with E-state index in [1.165, 1.54) is 12.7 Å². The molecule has 0 spiro atoms. The van der Waals surface area contributed by atoms with E-state index in [4.69, 9.17) is 4.84 Å². The largest absolute Gasteiger partial charge is 0.463 e. The Morgan fingerprint density at radius 1 is 0.923 bits per heavy atom. The maximum atomic E-state index is 11.3. The summed E-state index contributed by atoms with van der Waals surface area (Å²) in [5, 5.41) is 3.95. The predicted molar refractivity (Wildman–Crippen MR) is 101 cm³/mol. The van der Waals surface area contributed by atoms with Crippen molar-refractivity contribution >= 4 is 18.0 Å². The van der Waals surface area contributed by atoms with Crippen LogP contribution in [0, 0.1) is 0 Å². The van der Waals surface area contributed by atoms with Gasteiger partial charge in [-0.05, 0) is 36.0 Å². The molecular formula is C21H23NO4. The van der Waals surface area contributed by atoms with Crippen LogP contribution >= 0.6 is 0 Å². The van der Waals surface area contributed by atoms with E-state index in [-0.39, 0.29) is 6.42 Å². The van der Waals surface area contributed by atoms with Crippen LogP contribution in [0.25, 0.3) is 11.1 Å². The summed E-state index contributed by atoms with van der Waals surface area (Å²) in [5.41, 5.74) is 3.30. The van der Waals surface area contributed by atoms with Crippen LogP contribution in [0.3, 0.4) is 0 Å². The third-order valence-electron chi connectivity index (χ3n) is 3.85. The molecule has 2 aromatic carbocycles. The number of Topliss-reactive ketones (excluding diaryl/α,β-unsaturated/α-hetero) is 1. The van der Waals surface area contributed by atoms with E-state index in [2.05, 4.69) is 34.2 Å². The number of hydrogen-bond acceptors (Lipinski definition) is 5. The smallest absolute Gasteiger partial charge is 0.374 e. The first kappa shape index (κ1) is 19.4. The lowest BCUT2D eigenvalue weighted by atomic mass is 10.0. The molecule has 0 aromatic heterocycles. The molecule has 0 aliphatic rings. The number of hydrogen-bond donors (Lipinski definition) is 0. The molecule has 0 unspecified atom stereocenters. The molecule has 2 rings (SSSR count). The SMILES string of the molecule is COC(=O)C(=O)CCCCCO/N=C/c1ccc(-c2ccccc2)cc1. The van der Waals surface area contributed by atoms with E-state index in [9.17, 15) is 9.59 Å². The Morgan fingerprint density at radius 3 is 2.31 bits per heavy atom. The summed E-state index contributed by atoms with van der Waals surface area (Å²) in [6.45, 7) is 0.477. The summed E-state index contributed by atoms with van der Waals surface area (Å²) in [5.74, 6) is -1.26. The molecule has 0 atom stereocenters. The number of ketones is 1.